The van der Waals surface area contributed by atoms with Crippen molar-refractivity contribution in [2.45, 2.75) is 0 Å². The van der Waals surface area contributed by atoms with Crippen molar-refractivity contribution in [3.63, 3.8) is 0 Å². The first-order valence-electron chi connectivity index (χ1n) is 7.30. The van der Waals surface area contributed by atoms with E-state index in [1.165, 1.54) is 35.1 Å². The fraction of sp³-hybridized carbons (Fsp3) is 0.0588. The lowest BCUT2D eigenvalue weighted by molar-refractivity contribution is 0.174. The molecule has 7 heteroatoms. The van der Waals surface area contributed by atoms with Gasteiger partial charge in [-0.15, -0.1) is 0 Å². The summed E-state index contributed by atoms with van der Waals surface area (Å²) in [6.45, 7) is 0.169. The summed E-state index contributed by atoms with van der Waals surface area (Å²) in [6.07, 6.45) is 1.53. The van der Waals surface area contributed by atoms with Crippen LogP contribution in [0.5, 0.6) is 11.5 Å². The van der Waals surface area contributed by atoms with Crippen LogP contribution < -0.4 is 15.0 Å². The predicted octanol–water partition coefficient (Wildman–Crippen LogP) is 2.73. The first-order valence-corrected chi connectivity index (χ1v) is 7.30. The van der Waals surface area contributed by atoms with Gasteiger partial charge in [0.1, 0.15) is 5.82 Å². The van der Waals surface area contributed by atoms with Crippen molar-refractivity contribution < 1.29 is 13.9 Å². The highest BCUT2D eigenvalue weighted by Crippen LogP contribution is 2.37. The molecule has 0 aliphatic carbocycles. The molecule has 0 atom stereocenters. The fourth-order valence-electron chi connectivity index (χ4n) is 2.92. The second-order valence-electron chi connectivity index (χ2n) is 5.50. The Balaban J connectivity index is 1.82. The number of nitrogens with zero attached hydrogens (tertiary/aromatic N) is 2. The Hall–Kier alpha value is -3.35. The van der Waals surface area contributed by atoms with E-state index in [0.29, 0.717) is 33.6 Å². The Morgan fingerprint density at radius 1 is 1.08 bits per heavy atom. The van der Waals surface area contributed by atoms with Gasteiger partial charge >= 0.3 is 0 Å². The van der Waals surface area contributed by atoms with E-state index < -0.39 is 0 Å². The Kier molecular flexibility index (Phi) is 2.50. The summed E-state index contributed by atoms with van der Waals surface area (Å²) in [4.78, 5) is 17.0. The number of pyridine rings is 1. The van der Waals surface area contributed by atoms with Crippen LogP contribution in [0.1, 0.15) is 0 Å². The number of aromatic nitrogens is 3. The number of benzene rings is 2. The minimum absolute atomic E-state index is 0.169. The topological polar surface area (TPSA) is 69.1 Å². The molecule has 0 bridgehead atoms. The molecule has 0 spiro atoms. The number of hydrogen-bond donors (Lipinski definition) is 1. The maximum absolute atomic E-state index is 13.1. The van der Waals surface area contributed by atoms with Gasteiger partial charge in [-0.25, -0.2) is 9.07 Å². The third-order valence-corrected chi connectivity index (χ3v) is 4.10. The summed E-state index contributed by atoms with van der Waals surface area (Å²) in [6, 6.07) is 9.28. The number of H-pyrrole nitrogens is 1. The molecule has 118 valence electrons. The number of rotatable bonds is 1. The SMILES string of the molecule is O=c1c2cnc3cc4c(cc3c2[nH]n1-c1ccc(F)cc1)OCO4. The summed E-state index contributed by atoms with van der Waals surface area (Å²) in [7, 11) is 0. The van der Waals surface area contributed by atoms with E-state index in [0.717, 1.165) is 5.39 Å². The van der Waals surface area contributed by atoms with Crippen molar-refractivity contribution in [3.05, 3.63) is 58.8 Å². The molecule has 1 aliphatic rings. The normalized spacial score (nSPS) is 13.0. The van der Waals surface area contributed by atoms with E-state index in [1.54, 1.807) is 12.1 Å². The Morgan fingerprint density at radius 2 is 1.83 bits per heavy atom. The second kappa shape index (κ2) is 4.58. The van der Waals surface area contributed by atoms with Gasteiger partial charge < -0.3 is 9.47 Å². The van der Waals surface area contributed by atoms with Gasteiger partial charge in [-0.05, 0) is 30.3 Å². The number of ether oxygens (including phenoxy) is 2. The van der Waals surface area contributed by atoms with Crippen LogP contribution in [0.4, 0.5) is 4.39 Å². The third-order valence-electron chi connectivity index (χ3n) is 4.10. The quantitative estimate of drug-likeness (QED) is 0.585. The molecule has 1 aliphatic heterocycles. The summed E-state index contributed by atoms with van der Waals surface area (Å²) >= 11 is 0. The summed E-state index contributed by atoms with van der Waals surface area (Å²) in [5.41, 5.74) is 1.64. The van der Waals surface area contributed by atoms with Crippen LogP contribution in [0.15, 0.2) is 47.4 Å². The molecule has 5 rings (SSSR count). The van der Waals surface area contributed by atoms with Gasteiger partial charge in [0.2, 0.25) is 6.79 Å². The van der Waals surface area contributed by atoms with Gasteiger partial charge in [0.15, 0.2) is 11.5 Å². The molecule has 2 aromatic heterocycles. The Bertz CT molecular complexity index is 1160. The average molecular weight is 323 g/mol. The summed E-state index contributed by atoms with van der Waals surface area (Å²) in [5.74, 6) is 0.893. The van der Waals surface area contributed by atoms with Gasteiger partial charge in [-0.1, -0.05) is 0 Å². The molecule has 0 radical (unpaired) electrons. The molecule has 2 aromatic carbocycles. The number of halogens is 1. The molecule has 0 saturated heterocycles. The van der Waals surface area contributed by atoms with E-state index in [4.69, 9.17) is 9.47 Å². The van der Waals surface area contributed by atoms with Crippen molar-refractivity contribution in [1.29, 1.82) is 0 Å². The largest absolute Gasteiger partial charge is 0.454 e. The molecule has 4 aromatic rings. The molecular weight excluding hydrogens is 313 g/mol. The minimum atomic E-state index is -0.359. The lowest BCUT2D eigenvalue weighted by Crippen LogP contribution is -2.14. The highest BCUT2D eigenvalue weighted by molar-refractivity contribution is 6.04. The van der Waals surface area contributed by atoms with Crippen LogP contribution in [0.3, 0.4) is 0 Å². The van der Waals surface area contributed by atoms with E-state index in [9.17, 15) is 9.18 Å². The summed E-state index contributed by atoms with van der Waals surface area (Å²) in [5, 5.41) is 4.29. The first kappa shape index (κ1) is 13.1. The number of hydrogen-bond acceptors (Lipinski definition) is 4. The Morgan fingerprint density at radius 3 is 2.62 bits per heavy atom. The average Bonchev–Trinajstić information content (AvgIpc) is 3.18. The van der Waals surface area contributed by atoms with Crippen LogP contribution in [-0.2, 0) is 0 Å². The van der Waals surface area contributed by atoms with Crippen molar-refractivity contribution in [2.24, 2.45) is 0 Å². The molecule has 0 amide bonds. The zero-order valence-electron chi connectivity index (χ0n) is 12.2. The van der Waals surface area contributed by atoms with E-state index >= 15 is 0 Å². The number of aromatic amines is 1. The van der Waals surface area contributed by atoms with E-state index in [1.807, 2.05) is 0 Å². The molecule has 0 fully saturated rings. The van der Waals surface area contributed by atoms with Crippen LogP contribution in [0, 0.1) is 5.82 Å². The zero-order chi connectivity index (χ0) is 16.3. The zero-order valence-corrected chi connectivity index (χ0v) is 12.2. The van der Waals surface area contributed by atoms with E-state index in [-0.39, 0.29) is 18.2 Å². The van der Waals surface area contributed by atoms with Crippen LogP contribution in [0.2, 0.25) is 0 Å². The van der Waals surface area contributed by atoms with Crippen LogP contribution in [-0.4, -0.2) is 21.6 Å². The maximum Gasteiger partial charge on any atom is 0.280 e. The lowest BCUT2D eigenvalue weighted by Gasteiger charge is -2.02. The van der Waals surface area contributed by atoms with Crippen molar-refractivity contribution in [2.75, 3.05) is 6.79 Å². The lowest BCUT2D eigenvalue weighted by atomic mass is 10.1. The van der Waals surface area contributed by atoms with Gasteiger partial charge in [0.25, 0.3) is 5.56 Å². The van der Waals surface area contributed by atoms with Gasteiger partial charge in [-0.3, -0.25) is 14.9 Å². The standard InChI is InChI=1S/C17H10FN3O3/c18-9-1-3-10(4-2-9)21-17(22)12-7-19-13-6-15-14(23-8-24-15)5-11(13)16(12)20-21/h1-7,20H,8H2. The first-order chi connectivity index (χ1) is 11.7. The number of fused-ring (bicyclic) bond motifs is 4. The smallest absolute Gasteiger partial charge is 0.280 e. The van der Waals surface area contributed by atoms with E-state index in [2.05, 4.69) is 10.1 Å². The molecule has 6 nitrogen and oxygen atoms in total. The molecule has 0 unspecified atom stereocenters. The predicted molar refractivity (Wildman–Crippen MR) is 85.3 cm³/mol. The van der Waals surface area contributed by atoms with Crippen LogP contribution in [0.25, 0.3) is 27.5 Å². The highest BCUT2D eigenvalue weighted by Gasteiger charge is 2.18. The molecule has 1 N–H and O–H groups in total. The summed E-state index contributed by atoms with van der Waals surface area (Å²) < 4.78 is 25.2. The Labute approximate surface area is 134 Å². The molecule has 0 saturated carbocycles. The van der Waals surface area contributed by atoms with Crippen molar-refractivity contribution in [3.8, 4) is 17.2 Å². The van der Waals surface area contributed by atoms with Crippen molar-refractivity contribution in [1.82, 2.24) is 14.8 Å². The van der Waals surface area contributed by atoms with Crippen molar-refractivity contribution >= 4 is 21.8 Å². The molecular formula is C17H10FN3O3. The van der Waals surface area contributed by atoms with Gasteiger partial charge in [0.05, 0.1) is 22.1 Å². The highest BCUT2D eigenvalue weighted by atomic mass is 19.1. The van der Waals surface area contributed by atoms with Gasteiger partial charge in [0, 0.05) is 17.6 Å². The molecule has 24 heavy (non-hydrogen) atoms. The fourth-order valence-corrected chi connectivity index (χ4v) is 2.92. The monoisotopic (exact) mass is 323 g/mol. The molecule has 3 heterocycles. The number of nitrogens with one attached hydrogen (secondary N) is 1. The van der Waals surface area contributed by atoms with Crippen LogP contribution >= 0.6 is 0 Å². The third kappa shape index (κ3) is 1.75. The minimum Gasteiger partial charge on any atom is -0.454 e. The second-order valence-corrected chi connectivity index (χ2v) is 5.50. The van der Waals surface area contributed by atoms with Gasteiger partial charge in [-0.2, -0.15) is 0 Å². The maximum atomic E-state index is 13.1.